The Kier molecular flexibility index (Phi) is 5.88. The van der Waals surface area contributed by atoms with Gasteiger partial charge in [-0.3, -0.25) is 4.90 Å². The Morgan fingerprint density at radius 3 is 2.16 bits per heavy atom. The van der Waals surface area contributed by atoms with Crippen molar-refractivity contribution in [1.82, 2.24) is 4.90 Å². The molecule has 0 aromatic carbocycles. The van der Waals surface area contributed by atoms with Crippen LogP contribution in [0.25, 0.3) is 0 Å². The van der Waals surface area contributed by atoms with Crippen LogP contribution in [0.4, 0.5) is 0 Å². The van der Waals surface area contributed by atoms with Crippen molar-refractivity contribution in [2.24, 2.45) is 22.5 Å². The van der Waals surface area contributed by atoms with Gasteiger partial charge < -0.3 is 5.73 Å². The molecule has 1 heterocycles. The van der Waals surface area contributed by atoms with Crippen molar-refractivity contribution in [3.05, 3.63) is 0 Å². The smallest absolute Gasteiger partial charge is 0.0223 e. The predicted molar refractivity (Wildman–Crippen MR) is 85.3 cm³/mol. The maximum Gasteiger partial charge on any atom is 0.0223 e. The van der Waals surface area contributed by atoms with Gasteiger partial charge in [-0.2, -0.15) is 0 Å². The molecule has 1 saturated heterocycles. The summed E-state index contributed by atoms with van der Waals surface area (Å²) in [5.74, 6) is 0.866. The summed E-state index contributed by atoms with van der Waals surface area (Å²) in [7, 11) is 0. The van der Waals surface area contributed by atoms with Gasteiger partial charge in [-0.05, 0) is 55.5 Å². The highest BCUT2D eigenvalue weighted by molar-refractivity contribution is 4.84. The first kappa shape index (κ1) is 17.0. The molecule has 1 fully saturated rings. The van der Waals surface area contributed by atoms with Gasteiger partial charge in [-0.15, -0.1) is 0 Å². The number of nitrogens with two attached hydrogens (primary N) is 1. The maximum absolute atomic E-state index is 6.04. The lowest BCUT2D eigenvalue weighted by molar-refractivity contribution is 0.148. The van der Waals surface area contributed by atoms with Gasteiger partial charge >= 0.3 is 0 Å². The van der Waals surface area contributed by atoms with Gasteiger partial charge in [0.1, 0.15) is 0 Å². The van der Waals surface area contributed by atoms with E-state index in [2.05, 4.69) is 46.4 Å². The predicted octanol–water partition coefficient (Wildman–Crippen LogP) is 3.90. The molecule has 19 heavy (non-hydrogen) atoms. The Balaban J connectivity index is 2.60. The first-order chi connectivity index (χ1) is 8.63. The van der Waals surface area contributed by atoms with Crippen LogP contribution in [0.3, 0.4) is 0 Å². The van der Waals surface area contributed by atoms with Crippen molar-refractivity contribution in [3.8, 4) is 0 Å². The molecule has 1 aliphatic rings. The summed E-state index contributed by atoms with van der Waals surface area (Å²) in [6.07, 6.45) is 5.27. The third-order valence-corrected chi connectivity index (χ3v) is 4.62. The summed E-state index contributed by atoms with van der Waals surface area (Å²) in [6, 6.07) is 0.568. The topological polar surface area (TPSA) is 29.3 Å². The van der Waals surface area contributed by atoms with E-state index < -0.39 is 0 Å². The summed E-state index contributed by atoms with van der Waals surface area (Å²) in [5.41, 5.74) is 6.87. The number of rotatable bonds is 3. The van der Waals surface area contributed by atoms with E-state index in [0.29, 0.717) is 16.9 Å². The Morgan fingerprint density at radius 2 is 1.68 bits per heavy atom. The standard InChI is InChI=1S/C17H36N2/c1-16(2,3)12-15(13-18)19-10-7-8-14(9-11-19)17(4,5)6/h14-15H,7-13,18H2,1-6H3. The monoisotopic (exact) mass is 268 g/mol. The zero-order valence-corrected chi connectivity index (χ0v) is 14.1. The Labute approximate surface area is 121 Å². The SMILES string of the molecule is CC(C)(C)CC(CN)N1CCCC(C(C)(C)C)CC1. The fourth-order valence-corrected chi connectivity index (χ4v) is 3.42. The van der Waals surface area contributed by atoms with E-state index in [1.54, 1.807) is 0 Å². The summed E-state index contributed by atoms with van der Waals surface area (Å²) in [5, 5.41) is 0. The summed E-state index contributed by atoms with van der Waals surface area (Å²) < 4.78 is 0. The number of likely N-dealkylation sites (tertiary alicyclic amines) is 1. The molecule has 2 N–H and O–H groups in total. The molecule has 0 aliphatic carbocycles. The van der Waals surface area contributed by atoms with Crippen molar-refractivity contribution in [1.29, 1.82) is 0 Å². The van der Waals surface area contributed by atoms with Gasteiger partial charge in [-0.1, -0.05) is 41.5 Å². The number of nitrogens with zero attached hydrogens (tertiary/aromatic N) is 1. The van der Waals surface area contributed by atoms with Crippen LogP contribution in [-0.4, -0.2) is 30.6 Å². The van der Waals surface area contributed by atoms with Crippen molar-refractivity contribution < 1.29 is 0 Å². The summed E-state index contributed by atoms with van der Waals surface area (Å²) >= 11 is 0. The van der Waals surface area contributed by atoms with Gasteiger partial charge in [0.15, 0.2) is 0 Å². The Bertz CT molecular complexity index is 259. The Hall–Kier alpha value is -0.0800. The molecule has 0 saturated carbocycles. The molecule has 0 amide bonds. The first-order valence-corrected chi connectivity index (χ1v) is 8.07. The van der Waals surface area contributed by atoms with E-state index in [0.717, 1.165) is 12.5 Å². The lowest BCUT2D eigenvalue weighted by atomic mass is 9.77. The molecule has 0 aromatic rings. The number of hydrogen-bond donors (Lipinski definition) is 1. The minimum Gasteiger partial charge on any atom is -0.329 e. The van der Waals surface area contributed by atoms with Gasteiger partial charge in [0.2, 0.25) is 0 Å². The Morgan fingerprint density at radius 1 is 1.05 bits per heavy atom. The van der Waals surface area contributed by atoms with E-state index in [1.165, 1.54) is 38.8 Å². The second-order valence-corrected chi connectivity index (χ2v) is 8.68. The minimum absolute atomic E-state index is 0.375. The number of hydrogen-bond acceptors (Lipinski definition) is 2. The molecule has 114 valence electrons. The quantitative estimate of drug-likeness (QED) is 0.841. The largest absolute Gasteiger partial charge is 0.329 e. The fourth-order valence-electron chi connectivity index (χ4n) is 3.42. The van der Waals surface area contributed by atoms with Crippen LogP contribution in [-0.2, 0) is 0 Å². The van der Waals surface area contributed by atoms with Gasteiger partial charge in [-0.25, -0.2) is 0 Å². The molecular weight excluding hydrogens is 232 g/mol. The second kappa shape index (κ2) is 6.58. The molecule has 0 radical (unpaired) electrons. The molecule has 0 spiro atoms. The van der Waals surface area contributed by atoms with Crippen LogP contribution >= 0.6 is 0 Å². The van der Waals surface area contributed by atoms with Gasteiger partial charge in [0, 0.05) is 12.6 Å². The highest BCUT2D eigenvalue weighted by atomic mass is 15.2. The average Bonchev–Trinajstić information content (AvgIpc) is 2.49. The highest BCUT2D eigenvalue weighted by Crippen LogP contribution is 2.35. The van der Waals surface area contributed by atoms with Gasteiger partial charge in [0.05, 0.1) is 0 Å². The summed E-state index contributed by atoms with van der Waals surface area (Å²) in [6.45, 7) is 17.4. The molecule has 1 rings (SSSR count). The minimum atomic E-state index is 0.375. The van der Waals surface area contributed by atoms with E-state index in [1.807, 2.05) is 0 Å². The average molecular weight is 268 g/mol. The fraction of sp³-hybridized carbons (Fsp3) is 1.00. The normalized spacial score (nSPS) is 25.1. The van der Waals surface area contributed by atoms with Crippen LogP contribution in [0, 0.1) is 16.7 Å². The van der Waals surface area contributed by atoms with Crippen molar-refractivity contribution in [2.45, 2.75) is 73.3 Å². The van der Waals surface area contributed by atoms with E-state index in [-0.39, 0.29) is 0 Å². The van der Waals surface area contributed by atoms with Crippen LogP contribution in [0.1, 0.15) is 67.2 Å². The molecule has 0 aromatic heterocycles. The van der Waals surface area contributed by atoms with Crippen molar-refractivity contribution in [3.63, 3.8) is 0 Å². The zero-order valence-electron chi connectivity index (χ0n) is 14.1. The lowest BCUT2D eigenvalue weighted by Crippen LogP contribution is -2.43. The molecule has 2 atom stereocenters. The van der Waals surface area contributed by atoms with E-state index in [9.17, 15) is 0 Å². The van der Waals surface area contributed by atoms with Crippen LogP contribution in [0.2, 0.25) is 0 Å². The highest BCUT2D eigenvalue weighted by Gasteiger charge is 2.30. The second-order valence-electron chi connectivity index (χ2n) is 8.68. The molecule has 2 heteroatoms. The van der Waals surface area contributed by atoms with Crippen LogP contribution in [0.5, 0.6) is 0 Å². The van der Waals surface area contributed by atoms with Crippen LogP contribution < -0.4 is 5.73 Å². The third kappa shape index (κ3) is 5.83. The van der Waals surface area contributed by atoms with Crippen molar-refractivity contribution in [2.75, 3.05) is 19.6 Å². The maximum atomic E-state index is 6.04. The third-order valence-electron chi connectivity index (χ3n) is 4.62. The lowest BCUT2D eigenvalue weighted by Gasteiger charge is -2.35. The van der Waals surface area contributed by atoms with Crippen LogP contribution in [0.15, 0.2) is 0 Å². The first-order valence-electron chi connectivity index (χ1n) is 8.07. The molecule has 0 bridgehead atoms. The molecule has 1 aliphatic heterocycles. The van der Waals surface area contributed by atoms with E-state index in [4.69, 9.17) is 5.73 Å². The van der Waals surface area contributed by atoms with E-state index >= 15 is 0 Å². The molecule has 2 unspecified atom stereocenters. The molecular formula is C17H36N2. The zero-order chi connectivity index (χ0) is 14.7. The summed E-state index contributed by atoms with van der Waals surface area (Å²) in [4.78, 5) is 2.66. The molecule has 2 nitrogen and oxygen atoms in total. The van der Waals surface area contributed by atoms with Crippen molar-refractivity contribution >= 4 is 0 Å². The van der Waals surface area contributed by atoms with Gasteiger partial charge in [0.25, 0.3) is 0 Å².